The summed E-state index contributed by atoms with van der Waals surface area (Å²) in [6, 6.07) is 6.65. The van der Waals surface area contributed by atoms with E-state index in [0.717, 1.165) is 5.52 Å². The van der Waals surface area contributed by atoms with E-state index in [4.69, 9.17) is 4.42 Å². The number of para-hydroxylation sites is 2. The number of carbonyl (C=O) groups is 2. The van der Waals surface area contributed by atoms with Crippen LogP contribution in [0.25, 0.3) is 11.1 Å². The van der Waals surface area contributed by atoms with E-state index in [0.29, 0.717) is 30.9 Å². The summed E-state index contributed by atoms with van der Waals surface area (Å²) in [5, 5.41) is 5.34. The van der Waals surface area contributed by atoms with E-state index in [2.05, 4.69) is 10.6 Å². The summed E-state index contributed by atoms with van der Waals surface area (Å²) in [6.07, 6.45) is 1.30. The molecular weight excluding hydrogens is 322 g/mol. The van der Waals surface area contributed by atoms with E-state index < -0.39 is 11.8 Å². The predicted octanol–water partition coefficient (Wildman–Crippen LogP) is 1.65. The summed E-state index contributed by atoms with van der Waals surface area (Å²) in [7, 11) is 1.55. The lowest BCUT2D eigenvalue weighted by Gasteiger charge is -2.19. The number of nitrogens with one attached hydrogen (secondary N) is 2. The first-order chi connectivity index (χ1) is 11.9. The van der Waals surface area contributed by atoms with Crippen LogP contribution < -0.4 is 16.4 Å². The minimum Gasteiger partial charge on any atom is -0.408 e. The summed E-state index contributed by atoms with van der Waals surface area (Å²) in [5.74, 6) is -0.530. The SMILES string of the molecule is CNC(=O)[C@@H](CC(C)C)NC(=O)CCCn1c(=O)oc2ccccc21. The fourth-order valence-electron chi connectivity index (χ4n) is 2.77. The maximum atomic E-state index is 12.1. The Morgan fingerprint density at radius 3 is 2.64 bits per heavy atom. The van der Waals surface area contributed by atoms with Gasteiger partial charge in [-0.2, -0.15) is 0 Å². The second kappa shape index (κ2) is 8.50. The van der Waals surface area contributed by atoms with E-state index in [1.165, 1.54) is 4.57 Å². The first-order valence-electron chi connectivity index (χ1n) is 8.51. The summed E-state index contributed by atoms with van der Waals surface area (Å²) < 4.78 is 6.69. The second-order valence-corrected chi connectivity index (χ2v) is 6.45. The van der Waals surface area contributed by atoms with Gasteiger partial charge < -0.3 is 15.1 Å². The van der Waals surface area contributed by atoms with Crippen molar-refractivity contribution < 1.29 is 14.0 Å². The molecule has 0 radical (unpaired) electrons. The number of aryl methyl sites for hydroxylation is 1. The first kappa shape index (κ1) is 18.8. The van der Waals surface area contributed by atoms with Crippen LogP contribution in [0.1, 0.15) is 33.1 Å². The molecule has 7 nitrogen and oxygen atoms in total. The molecule has 2 aromatic rings. The maximum absolute atomic E-state index is 12.1. The van der Waals surface area contributed by atoms with E-state index >= 15 is 0 Å². The van der Waals surface area contributed by atoms with Gasteiger partial charge in [0.15, 0.2) is 5.58 Å². The number of carbonyl (C=O) groups excluding carboxylic acids is 2. The molecule has 0 aliphatic carbocycles. The van der Waals surface area contributed by atoms with E-state index in [9.17, 15) is 14.4 Å². The van der Waals surface area contributed by atoms with E-state index in [1.54, 1.807) is 19.2 Å². The molecule has 0 saturated heterocycles. The van der Waals surface area contributed by atoms with Gasteiger partial charge in [-0.1, -0.05) is 26.0 Å². The highest BCUT2D eigenvalue weighted by Crippen LogP contribution is 2.12. The number of fused-ring (bicyclic) bond motifs is 1. The molecule has 2 rings (SSSR count). The van der Waals surface area contributed by atoms with Crippen LogP contribution >= 0.6 is 0 Å². The zero-order valence-corrected chi connectivity index (χ0v) is 14.9. The fourth-order valence-corrected chi connectivity index (χ4v) is 2.77. The van der Waals surface area contributed by atoms with Crippen LogP contribution in [0.4, 0.5) is 0 Å². The zero-order valence-electron chi connectivity index (χ0n) is 14.9. The van der Waals surface area contributed by atoms with Crippen LogP contribution in [0.5, 0.6) is 0 Å². The molecule has 25 heavy (non-hydrogen) atoms. The van der Waals surface area contributed by atoms with Gasteiger partial charge in [0.05, 0.1) is 5.52 Å². The monoisotopic (exact) mass is 347 g/mol. The smallest absolute Gasteiger partial charge is 0.408 e. The number of benzene rings is 1. The Balaban J connectivity index is 1.92. The molecule has 0 spiro atoms. The van der Waals surface area contributed by atoms with Gasteiger partial charge in [0.1, 0.15) is 6.04 Å². The molecule has 1 heterocycles. The van der Waals surface area contributed by atoms with Crippen LogP contribution in [0.2, 0.25) is 0 Å². The van der Waals surface area contributed by atoms with Gasteiger partial charge in [-0.15, -0.1) is 0 Å². The van der Waals surface area contributed by atoms with Crippen molar-refractivity contribution in [3.05, 3.63) is 34.8 Å². The third kappa shape index (κ3) is 4.95. The summed E-state index contributed by atoms with van der Waals surface area (Å²) in [6.45, 7) is 4.38. The average molecular weight is 347 g/mol. The molecule has 0 aliphatic rings. The molecule has 2 amide bonds. The van der Waals surface area contributed by atoms with Crippen molar-refractivity contribution in [1.29, 1.82) is 0 Å². The molecule has 7 heteroatoms. The van der Waals surface area contributed by atoms with Gasteiger partial charge >= 0.3 is 5.76 Å². The minimum atomic E-state index is -0.532. The molecule has 136 valence electrons. The van der Waals surface area contributed by atoms with Crippen molar-refractivity contribution in [2.24, 2.45) is 5.92 Å². The zero-order chi connectivity index (χ0) is 18.4. The summed E-state index contributed by atoms with van der Waals surface area (Å²) >= 11 is 0. The van der Waals surface area contributed by atoms with Crippen LogP contribution in [0.15, 0.2) is 33.5 Å². The molecule has 0 fully saturated rings. The second-order valence-electron chi connectivity index (χ2n) is 6.45. The Labute approximate surface area is 146 Å². The van der Waals surface area contributed by atoms with Crippen LogP contribution in [0.3, 0.4) is 0 Å². The highest BCUT2D eigenvalue weighted by Gasteiger charge is 2.20. The number of hydrogen-bond donors (Lipinski definition) is 2. The van der Waals surface area contributed by atoms with Crippen molar-refractivity contribution in [3.63, 3.8) is 0 Å². The number of rotatable bonds is 8. The number of aromatic nitrogens is 1. The topological polar surface area (TPSA) is 93.3 Å². The van der Waals surface area contributed by atoms with Crippen molar-refractivity contribution in [3.8, 4) is 0 Å². The largest absolute Gasteiger partial charge is 0.419 e. The molecule has 1 aromatic heterocycles. The normalized spacial score (nSPS) is 12.3. The molecule has 1 aromatic carbocycles. The lowest BCUT2D eigenvalue weighted by atomic mass is 10.0. The van der Waals surface area contributed by atoms with Gasteiger partial charge in [-0.05, 0) is 30.9 Å². The Kier molecular flexibility index (Phi) is 6.38. The van der Waals surface area contributed by atoms with E-state index in [-0.39, 0.29) is 18.2 Å². The van der Waals surface area contributed by atoms with Crippen molar-refractivity contribution in [1.82, 2.24) is 15.2 Å². The Hall–Kier alpha value is -2.57. The standard InChI is InChI=1S/C18H25N3O4/c1-12(2)11-13(17(23)19-3)20-16(22)9-6-10-21-14-7-4-5-8-15(14)25-18(21)24/h4-5,7-8,12-13H,6,9-11H2,1-3H3,(H,19,23)(H,20,22)/t13-/m1/s1. The number of likely N-dealkylation sites (N-methyl/N-ethyl adjacent to an activating group) is 1. The Bertz CT molecular complexity index is 791. The number of nitrogens with zero attached hydrogens (tertiary/aromatic N) is 1. The highest BCUT2D eigenvalue weighted by molar-refractivity contribution is 5.87. The number of oxazole rings is 1. The lowest BCUT2D eigenvalue weighted by molar-refractivity contribution is -0.129. The maximum Gasteiger partial charge on any atom is 0.419 e. The van der Waals surface area contributed by atoms with Crippen molar-refractivity contribution in [2.45, 2.75) is 45.7 Å². The van der Waals surface area contributed by atoms with Crippen LogP contribution in [-0.4, -0.2) is 29.5 Å². The van der Waals surface area contributed by atoms with Gasteiger partial charge in [0.25, 0.3) is 0 Å². The number of amides is 2. The molecule has 1 atom stereocenters. The van der Waals surface area contributed by atoms with Gasteiger partial charge in [-0.3, -0.25) is 14.2 Å². The summed E-state index contributed by atoms with van der Waals surface area (Å²) in [5.41, 5.74) is 1.25. The molecule has 0 aliphatic heterocycles. The number of hydrogen-bond acceptors (Lipinski definition) is 4. The van der Waals surface area contributed by atoms with Gasteiger partial charge in [0, 0.05) is 20.0 Å². The lowest BCUT2D eigenvalue weighted by Crippen LogP contribution is -2.46. The van der Waals surface area contributed by atoms with Gasteiger partial charge in [0.2, 0.25) is 11.8 Å². The van der Waals surface area contributed by atoms with Crippen molar-refractivity contribution in [2.75, 3.05) is 7.05 Å². The molecule has 2 N–H and O–H groups in total. The Morgan fingerprint density at radius 1 is 1.24 bits per heavy atom. The molecule has 0 bridgehead atoms. The minimum absolute atomic E-state index is 0.195. The van der Waals surface area contributed by atoms with Crippen LogP contribution in [-0.2, 0) is 16.1 Å². The van der Waals surface area contributed by atoms with Gasteiger partial charge in [-0.25, -0.2) is 4.79 Å². The third-order valence-corrected chi connectivity index (χ3v) is 3.96. The molecule has 0 saturated carbocycles. The first-order valence-corrected chi connectivity index (χ1v) is 8.51. The average Bonchev–Trinajstić information content (AvgIpc) is 2.89. The van der Waals surface area contributed by atoms with Crippen molar-refractivity contribution >= 4 is 22.9 Å². The summed E-state index contributed by atoms with van der Waals surface area (Å²) in [4.78, 5) is 35.9. The molecular formula is C18H25N3O4. The Morgan fingerprint density at radius 2 is 1.96 bits per heavy atom. The predicted molar refractivity (Wildman–Crippen MR) is 95.2 cm³/mol. The third-order valence-electron chi connectivity index (χ3n) is 3.96. The van der Waals surface area contributed by atoms with E-state index in [1.807, 2.05) is 26.0 Å². The molecule has 0 unspecified atom stereocenters. The quantitative estimate of drug-likeness (QED) is 0.759. The van der Waals surface area contributed by atoms with Crippen LogP contribution in [0, 0.1) is 5.92 Å². The fraction of sp³-hybridized carbons (Fsp3) is 0.500. The highest BCUT2D eigenvalue weighted by atomic mass is 16.4.